The maximum Gasteiger partial charge on any atom is 0.183 e. The maximum absolute atomic E-state index is 11.7. The summed E-state index contributed by atoms with van der Waals surface area (Å²) in [5.74, 6) is -0.197. The van der Waals surface area contributed by atoms with Gasteiger partial charge < -0.3 is 10.5 Å². The molecule has 3 nitrogen and oxygen atoms in total. The molecule has 76 valence electrons. The highest BCUT2D eigenvalue weighted by Gasteiger charge is 2.17. The van der Waals surface area contributed by atoms with E-state index in [1.165, 1.54) is 7.11 Å². The lowest BCUT2D eigenvalue weighted by Gasteiger charge is -2.09. The van der Waals surface area contributed by atoms with Crippen LogP contribution < -0.4 is 5.73 Å². The van der Waals surface area contributed by atoms with Gasteiger partial charge in [-0.1, -0.05) is 23.7 Å². The number of Topliss-reactive ketones (excluding diaryl/α,β-unsaturated/α-hetero) is 1. The number of benzene rings is 1. The van der Waals surface area contributed by atoms with Gasteiger partial charge in [0.25, 0.3) is 0 Å². The Labute approximate surface area is 87.8 Å². The van der Waals surface area contributed by atoms with Crippen LogP contribution in [0.15, 0.2) is 24.3 Å². The Hall–Kier alpha value is -0.900. The molecular formula is C10H12ClNO2. The van der Waals surface area contributed by atoms with Gasteiger partial charge in [0.15, 0.2) is 5.78 Å². The summed E-state index contributed by atoms with van der Waals surface area (Å²) in [7, 11) is 1.50. The van der Waals surface area contributed by atoms with Gasteiger partial charge in [0.1, 0.15) is 0 Å². The van der Waals surface area contributed by atoms with E-state index in [9.17, 15) is 4.79 Å². The summed E-state index contributed by atoms with van der Waals surface area (Å²) in [5, 5.41) is 0.420. The molecule has 1 unspecified atom stereocenters. The summed E-state index contributed by atoms with van der Waals surface area (Å²) in [6.07, 6.45) is 0. The average Bonchev–Trinajstić information content (AvgIpc) is 2.18. The quantitative estimate of drug-likeness (QED) is 0.772. The minimum absolute atomic E-state index is 0.197. The Bertz CT molecular complexity index is 328. The lowest BCUT2D eigenvalue weighted by molar-refractivity contribution is 0.0892. The van der Waals surface area contributed by atoms with Crippen molar-refractivity contribution in [1.82, 2.24) is 0 Å². The molecule has 0 aliphatic carbocycles. The van der Waals surface area contributed by atoms with E-state index in [2.05, 4.69) is 0 Å². The molecular weight excluding hydrogens is 202 g/mol. The highest BCUT2D eigenvalue weighted by molar-refractivity contribution is 6.34. The predicted octanol–water partition coefficient (Wildman–Crippen LogP) is 1.50. The lowest BCUT2D eigenvalue weighted by atomic mass is 10.1. The van der Waals surface area contributed by atoms with Crippen LogP contribution in [0.25, 0.3) is 0 Å². The summed E-state index contributed by atoms with van der Waals surface area (Å²) >= 11 is 5.85. The number of rotatable bonds is 4. The Balaban J connectivity index is 2.84. The second kappa shape index (κ2) is 5.10. The summed E-state index contributed by atoms with van der Waals surface area (Å²) in [6, 6.07) is 6.17. The lowest BCUT2D eigenvalue weighted by Crippen LogP contribution is -2.35. The zero-order chi connectivity index (χ0) is 10.6. The smallest absolute Gasteiger partial charge is 0.183 e. The van der Waals surface area contributed by atoms with Crippen LogP contribution in [-0.4, -0.2) is 25.5 Å². The van der Waals surface area contributed by atoms with Gasteiger partial charge in [-0.25, -0.2) is 0 Å². The molecule has 1 rings (SSSR count). The molecule has 0 heterocycles. The second-order valence-corrected chi connectivity index (χ2v) is 3.31. The van der Waals surface area contributed by atoms with E-state index in [-0.39, 0.29) is 12.4 Å². The van der Waals surface area contributed by atoms with Crippen LogP contribution in [0, 0.1) is 0 Å². The zero-order valence-corrected chi connectivity index (χ0v) is 8.62. The molecule has 0 bridgehead atoms. The van der Waals surface area contributed by atoms with Crippen molar-refractivity contribution < 1.29 is 9.53 Å². The third-order valence-corrected chi connectivity index (χ3v) is 2.15. The Morgan fingerprint density at radius 1 is 1.57 bits per heavy atom. The van der Waals surface area contributed by atoms with Gasteiger partial charge in [0.2, 0.25) is 0 Å². The first-order valence-corrected chi connectivity index (χ1v) is 4.58. The SMILES string of the molecule is COCC(N)C(=O)c1ccccc1Cl. The molecule has 1 aromatic rings. The first-order chi connectivity index (χ1) is 6.66. The third-order valence-electron chi connectivity index (χ3n) is 1.82. The standard InChI is InChI=1S/C10H12ClNO2/c1-14-6-9(12)10(13)7-4-2-3-5-8(7)11/h2-5,9H,6,12H2,1H3. The summed E-state index contributed by atoms with van der Waals surface area (Å²) in [5.41, 5.74) is 6.04. The molecule has 14 heavy (non-hydrogen) atoms. The molecule has 0 aliphatic heterocycles. The molecule has 0 radical (unpaired) electrons. The summed E-state index contributed by atoms with van der Waals surface area (Å²) in [4.78, 5) is 11.7. The number of ketones is 1. The van der Waals surface area contributed by atoms with E-state index in [1.54, 1.807) is 24.3 Å². The van der Waals surface area contributed by atoms with Crippen LogP contribution in [0.1, 0.15) is 10.4 Å². The number of methoxy groups -OCH3 is 1. The minimum Gasteiger partial charge on any atom is -0.383 e. The molecule has 0 aliphatic rings. The fraction of sp³-hybridized carbons (Fsp3) is 0.300. The van der Waals surface area contributed by atoms with Crippen LogP contribution in [-0.2, 0) is 4.74 Å². The Morgan fingerprint density at radius 2 is 2.21 bits per heavy atom. The van der Waals surface area contributed by atoms with E-state index in [0.29, 0.717) is 10.6 Å². The largest absolute Gasteiger partial charge is 0.383 e. The fourth-order valence-electron chi connectivity index (χ4n) is 1.12. The van der Waals surface area contributed by atoms with E-state index in [4.69, 9.17) is 22.1 Å². The van der Waals surface area contributed by atoms with Crippen molar-refractivity contribution in [1.29, 1.82) is 0 Å². The molecule has 0 amide bonds. The van der Waals surface area contributed by atoms with Crippen LogP contribution in [0.2, 0.25) is 5.02 Å². The number of ether oxygens (including phenoxy) is 1. The zero-order valence-electron chi connectivity index (χ0n) is 7.87. The number of nitrogens with two attached hydrogens (primary N) is 1. The summed E-state index contributed by atoms with van der Waals surface area (Å²) in [6.45, 7) is 0.198. The van der Waals surface area contributed by atoms with Gasteiger partial charge in [-0.15, -0.1) is 0 Å². The number of carbonyl (C=O) groups excluding carboxylic acids is 1. The van der Waals surface area contributed by atoms with Gasteiger partial charge in [0.05, 0.1) is 17.7 Å². The first kappa shape index (κ1) is 11.2. The number of halogens is 1. The van der Waals surface area contributed by atoms with Crippen molar-refractivity contribution in [2.75, 3.05) is 13.7 Å². The molecule has 4 heteroatoms. The van der Waals surface area contributed by atoms with Crippen molar-refractivity contribution in [3.63, 3.8) is 0 Å². The highest BCUT2D eigenvalue weighted by atomic mass is 35.5. The highest BCUT2D eigenvalue weighted by Crippen LogP contribution is 2.16. The molecule has 1 atom stereocenters. The summed E-state index contributed by atoms with van der Waals surface area (Å²) < 4.78 is 4.80. The van der Waals surface area contributed by atoms with Crippen molar-refractivity contribution in [2.24, 2.45) is 5.73 Å². The number of carbonyl (C=O) groups is 1. The van der Waals surface area contributed by atoms with Crippen LogP contribution in [0.4, 0.5) is 0 Å². The molecule has 0 saturated heterocycles. The van der Waals surface area contributed by atoms with Crippen LogP contribution >= 0.6 is 11.6 Å². The molecule has 0 saturated carbocycles. The third kappa shape index (κ3) is 2.54. The molecule has 2 N–H and O–H groups in total. The van der Waals surface area contributed by atoms with E-state index >= 15 is 0 Å². The van der Waals surface area contributed by atoms with Crippen LogP contribution in [0.3, 0.4) is 0 Å². The Kier molecular flexibility index (Phi) is 4.07. The van der Waals surface area contributed by atoms with E-state index < -0.39 is 6.04 Å². The second-order valence-electron chi connectivity index (χ2n) is 2.91. The van der Waals surface area contributed by atoms with E-state index in [0.717, 1.165) is 0 Å². The van der Waals surface area contributed by atoms with Gasteiger partial charge in [-0.2, -0.15) is 0 Å². The van der Waals surface area contributed by atoms with E-state index in [1.807, 2.05) is 0 Å². The number of hydrogen-bond acceptors (Lipinski definition) is 3. The molecule has 0 fully saturated rings. The molecule has 1 aromatic carbocycles. The Morgan fingerprint density at radius 3 is 2.79 bits per heavy atom. The maximum atomic E-state index is 11.7. The monoisotopic (exact) mass is 213 g/mol. The predicted molar refractivity (Wildman–Crippen MR) is 55.6 cm³/mol. The topological polar surface area (TPSA) is 52.3 Å². The van der Waals surface area contributed by atoms with Gasteiger partial charge in [-0.05, 0) is 12.1 Å². The normalized spacial score (nSPS) is 12.5. The van der Waals surface area contributed by atoms with Crippen molar-refractivity contribution >= 4 is 17.4 Å². The van der Waals surface area contributed by atoms with Crippen molar-refractivity contribution in [3.05, 3.63) is 34.9 Å². The van der Waals surface area contributed by atoms with Gasteiger partial charge in [-0.3, -0.25) is 4.79 Å². The molecule has 0 aromatic heterocycles. The minimum atomic E-state index is -0.653. The van der Waals surface area contributed by atoms with Crippen molar-refractivity contribution in [2.45, 2.75) is 6.04 Å². The van der Waals surface area contributed by atoms with Crippen LogP contribution in [0.5, 0.6) is 0 Å². The van der Waals surface area contributed by atoms with Crippen molar-refractivity contribution in [3.8, 4) is 0 Å². The van der Waals surface area contributed by atoms with Gasteiger partial charge >= 0.3 is 0 Å². The number of hydrogen-bond donors (Lipinski definition) is 1. The van der Waals surface area contributed by atoms with Gasteiger partial charge in [0, 0.05) is 12.7 Å². The fourth-order valence-corrected chi connectivity index (χ4v) is 1.34. The molecule has 0 spiro atoms. The first-order valence-electron chi connectivity index (χ1n) is 4.20. The average molecular weight is 214 g/mol.